The van der Waals surface area contributed by atoms with E-state index in [1.165, 1.54) is 4.90 Å². The van der Waals surface area contributed by atoms with Crippen molar-refractivity contribution in [3.63, 3.8) is 0 Å². The third-order valence-corrected chi connectivity index (χ3v) is 7.40. The summed E-state index contributed by atoms with van der Waals surface area (Å²) >= 11 is 0. The molecule has 228 valence electrons. The highest BCUT2D eigenvalue weighted by Crippen LogP contribution is 2.20. The van der Waals surface area contributed by atoms with Crippen LogP contribution in [-0.2, 0) is 35.1 Å². The molecule has 1 aliphatic heterocycles. The van der Waals surface area contributed by atoms with Crippen molar-refractivity contribution >= 4 is 29.5 Å². The van der Waals surface area contributed by atoms with Crippen LogP contribution in [0.1, 0.15) is 90.0 Å². The van der Waals surface area contributed by atoms with E-state index in [9.17, 15) is 29.1 Å². The maximum atomic E-state index is 13.6. The molecule has 10 nitrogen and oxygen atoms in total. The van der Waals surface area contributed by atoms with Crippen LogP contribution in [0, 0.1) is 0 Å². The van der Waals surface area contributed by atoms with E-state index in [1.54, 1.807) is 6.92 Å². The minimum absolute atomic E-state index is 0.0654. The number of ether oxygens (including phenoxy) is 1. The van der Waals surface area contributed by atoms with Gasteiger partial charge in [-0.1, -0.05) is 37.3 Å². The van der Waals surface area contributed by atoms with Gasteiger partial charge in [-0.3, -0.25) is 24.5 Å². The van der Waals surface area contributed by atoms with Crippen molar-refractivity contribution in [2.45, 2.75) is 109 Å². The van der Waals surface area contributed by atoms with Crippen LogP contribution in [0.3, 0.4) is 0 Å². The molecule has 1 unspecified atom stereocenters. The summed E-state index contributed by atoms with van der Waals surface area (Å²) in [4.78, 5) is 63.2. The van der Waals surface area contributed by atoms with E-state index in [0.717, 1.165) is 5.56 Å². The number of carbonyl (C=O) groups excluding carboxylic acids is 4. The maximum absolute atomic E-state index is 13.6. The van der Waals surface area contributed by atoms with Crippen LogP contribution in [0.4, 0.5) is 0 Å². The third-order valence-electron chi connectivity index (χ3n) is 7.40. The van der Waals surface area contributed by atoms with Crippen LogP contribution in [0.15, 0.2) is 30.3 Å². The molecule has 0 radical (unpaired) electrons. The summed E-state index contributed by atoms with van der Waals surface area (Å²) in [6.07, 6.45) is 6.42. The number of aryl methyl sites for hydroxylation is 1. The Morgan fingerprint density at radius 3 is 2.39 bits per heavy atom. The number of benzene rings is 1. The number of hydrogen-bond acceptors (Lipinski definition) is 7. The molecule has 10 heteroatoms. The Morgan fingerprint density at radius 2 is 1.71 bits per heavy atom. The fourth-order valence-corrected chi connectivity index (χ4v) is 5.05. The molecule has 1 aliphatic rings. The summed E-state index contributed by atoms with van der Waals surface area (Å²) in [6, 6.07) is 7.38. The van der Waals surface area contributed by atoms with Gasteiger partial charge in [-0.2, -0.15) is 0 Å². The van der Waals surface area contributed by atoms with Gasteiger partial charge < -0.3 is 20.1 Å². The predicted molar refractivity (Wildman–Crippen MR) is 155 cm³/mol. The van der Waals surface area contributed by atoms with Gasteiger partial charge in [-0.25, -0.2) is 4.79 Å². The van der Waals surface area contributed by atoms with Crippen LogP contribution in [0.2, 0.25) is 0 Å². The third kappa shape index (κ3) is 12.4. The second-order valence-corrected chi connectivity index (χ2v) is 10.5. The molecule has 1 aromatic carbocycles. The number of Topliss-reactive ketones (excluding diaryl/α,β-unsaturated/α-hetero) is 1. The smallest absolute Gasteiger partial charge is 0.326 e. The zero-order valence-electron chi connectivity index (χ0n) is 24.6. The summed E-state index contributed by atoms with van der Waals surface area (Å²) in [5.41, 5.74) is 1.06. The molecule has 0 aromatic heterocycles. The SMILES string of the molecule is CCOC(=O)C(CCc1ccccc1)N[C@@H](CCCCNC(=O)CCCCC(=O)CC)C(=O)N1CCC[C@@H]1C(=O)O. The second kappa shape index (κ2) is 19.0. The first-order valence-electron chi connectivity index (χ1n) is 15.0. The molecule has 3 atom stereocenters. The summed E-state index contributed by atoms with van der Waals surface area (Å²) in [7, 11) is 0. The van der Waals surface area contributed by atoms with Crippen molar-refractivity contribution in [2.75, 3.05) is 19.7 Å². The lowest BCUT2D eigenvalue weighted by Crippen LogP contribution is -2.54. The topological polar surface area (TPSA) is 142 Å². The number of esters is 1. The van der Waals surface area contributed by atoms with Gasteiger partial charge in [0.2, 0.25) is 11.8 Å². The minimum Gasteiger partial charge on any atom is -0.480 e. The molecule has 2 rings (SSSR count). The van der Waals surface area contributed by atoms with Crippen molar-refractivity contribution in [3.8, 4) is 0 Å². The first-order valence-corrected chi connectivity index (χ1v) is 15.0. The maximum Gasteiger partial charge on any atom is 0.326 e. The Bertz CT molecular complexity index is 985. The molecule has 0 bridgehead atoms. The molecule has 1 aromatic rings. The zero-order chi connectivity index (χ0) is 30.0. The summed E-state index contributed by atoms with van der Waals surface area (Å²) in [6.45, 7) is 4.59. The number of carboxylic acids is 1. The van der Waals surface area contributed by atoms with E-state index in [4.69, 9.17) is 4.74 Å². The highest BCUT2D eigenvalue weighted by atomic mass is 16.5. The number of likely N-dealkylation sites (tertiary alicyclic amines) is 1. The van der Waals surface area contributed by atoms with Gasteiger partial charge in [-0.15, -0.1) is 0 Å². The lowest BCUT2D eigenvalue weighted by Gasteiger charge is -2.30. The average molecular weight is 574 g/mol. The molecule has 3 N–H and O–H groups in total. The van der Waals surface area contributed by atoms with Crippen molar-refractivity contribution in [3.05, 3.63) is 35.9 Å². The lowest BCUT2D eigenvalue weighted by atomic mass is 10.0. The number of carboxylic acid groups (broad SMARTS) is 1. The number of aliphatic carboxylic acids is 1. The normalized spacial score (nSPS) is 16.1. The van der Waals surface area contributed by atoms with E-state index in [1.807, 2.05) is 37.3 Å². The zero-order valence-corrected chi connectivity index (χ0v) is 24.6. The molecular formula is C31H47N3O7. The monoisotopic (exact) mass is 573 g/mol. The van der Waals surface area contributed by atoms with Gasteiger partial charge in [0, 0.05) is 32.4 Å². The van der Waals surface area contributed by atoms with Gasteiger partial charge in [0.25, 0.3) is 0 Å². The first-order chi connectivity index (χ1) is 19.8. The van der Waals surface area contributed by atoms with Crippen LogP contribution < -0.4 is 10.6 Å². The number of hydrogen-bond donors (Lipinski definition) is 3. The summed E-state index contributed by atoms with van der Waals surface area (Å²) < 4.78 is 5.30. The molecule has 1 heterocycles. The largest absolute Gasteiger partial charge is 0.480 e. The standard InChI is InChI=1S/C31H47N3O7/c1-3-24(35)15-8-9-18-28(36)32-21-11-10-16-25(29(37)34-22-12-17-27(34)30(38)39)33-26(31(40)41-4-2)20-19-23-13-6-5-7-14-23/h5-7,13-14,25-27,33H,3-4,8-12,15-22H2,1-2H3,(H,32,36)(H,38,39)/t25-,26?,27+/m0/s1. The number of carbonyl (C=O) groups is 5. The van der Waals surface area contributed by atoms with Crippen LogP contribution in [0.5, 0.6) is 0 Å². The van der Waals surface area contributed by atoms with E-state index in [0.29, 0.717) is 90.1 Å². The fourth-order valence-electron chi connectivity index (χ4n) is 5.05. The molecular weight excluding hydrogens is 526 g/mol. The molecule has 0 spiro atoms. The quantitative estimate of drug-likeness (QED) is 0.159. The Kier molecular flexibility index (Phi) is 15.7. The van der Waals surface area contributed by atoms with Gasteiger partial charge in [0.1, 0.15) is 17.9 Å². The van der Waals surface area contributed by atoms with E-state index < -0.39 is 30.1 Å². The molecule has 1 fully saturated rings. The number of amides is 2. The summed E-state index contributed by atoms with van der Waals surface area (Å²) in [5, 5.41) is 15.7. The molecule has 0 aliphatic carbocycles. The van der Waals surface area contributed by atoms with Crippen LogP contribution >= 0.6 is 0 Å². The van der Waals surface area contributed by atoms with Crippen molar-refractivity contribution in [1.29, 1.82) is 0 Å². The molecule has 0 saturated carbocycles. The lowest BCUT2D eigenvalue weighted by molar-refractivity contribution is -0.150. The van der Waals surface area contributed by atoms with E-state index in [-0.39, 0.29) is 24.2 Å². The Hall–Kier alpha value is -3.27. The Morgan fingerprint density at radius 1 is 0.976 bits per heavy atom. The highest BCUT2D eigenvalue weighted by molar-refractivity contribution is 5.88. The fraction of sp³-hybridized carbons (Fsp3) is 0.645. The van der Waals surface area contributed by atoms with Crippen molar-refractivity contribution < 1.29 is 33.8 Å². The van der Waals surface area contributed by atoms with Crippen molar-refractivity contribution in [2.24, 2.45) is 0 Å². The van der Waals surface area contributed by atoms with Crippen molar-refractivity contribution in [1.82, 2.24) is 15.5 Å². The first kappa shape index (κ1) is 33.9. The molecule has 41 heavy (non-hydrogen) atoms. The van der Waals surface area contributed by atoms with E-state index in [2.05, 4.69) is 10.6 Å². The van der Waals surface area contributed by atoms with Crippen LogP contribution in [-0.4, -0.2) is 77.4 Å². The number of nitrogens with zero attached hydrogens (tertiary/aromatic N) is 1. The van der Waals surface area contributed by atoms with Gasteiger partial charge in [-0.05, 0) is 70.3 Å². The van der Waals surface area contributed by atoms with E-state index >= 15 is 0 Å². The van der Waals surface area contributed by atoms with Crippen LogP contribution in [0.25, 0.3) is 0 Å². The number of rotatable bonds is 20. The summed E-state index contributed by atoms with van der Waals surface area (Å²) in [5.74, 6) is -1.65. The molecule has 1 saturated heterocycles. The van der Waals surface area contributed by atoms with Gasteiger partial charge in [0.05, 0.1) is 12.6 Å². The number of unbranched alkanes of at least 4 members (excludes halogenated alkanes) is 2. The average Bonchev–Trinajstić information content (AvgIpc) is 3.47. The Labute approximate surface area is 243 Å². The highest BCUT2D eigenvalue weighted by Gasteiger charge is 2.38. The predicted octanol–water partition coefficient (Wildman–Crippen LogP) is 3.41. The minimum atomic E-state index is -1.03. The number of ketones is 1. The number of nitrogens with one attached hydrogen (secondary N) is 2. The molecule has 2 amide bonds. The van der Waals surface area contributed by atoms with Gasteiger partial charge in [0.15, 0.2) is 0 Å². The Balaban J connectivity index is 1.98. The van der Waals surface area contributed by atoms with Gasteiger partial charge >= 0.3 is 11.9 Å². The second-order valence-electron chi connectivity index (χ2n) is 10.5.